The number of amides is 3. The van der Waals surface area contributed by atoms with Gasteiger partial charge in [0, 0.05) is 25.4 Å². The molecule has 3 aliphatic heterocycles. The van der Waals surface area contributed by atoms with Crippen molar-refractivity contribution < 1.29 is 27.9 Å². The van der Waals surface area contributed by atoms with E-state index in [-0.39, 0.29) is 23.3 Å². The molecular weight excluding hydrogens is 474 g/mol. The van der Waals surface area contributed by atoms with Gasteiger partial charge in [-0.1, -0.05) is 0 Å². The number of nitrogens with zero attached hydrogens (tertiary/aromatic N) is 5. The number of carbonyl (C=O) groups is 3. The zero-order valence-corrected chi connectivity index (χ0v) is 19.2. The van der Waals surface area contributed by atoms with E-state index in [2.05, 4.69) is 14.8 Å². The van der Waals surface area contributed by atoms with Gasteiger partial charge >= 0.3 is 6.61 Å². The fraction of sp³-hybridized carbons (Fsp3) is 0.375. The number of anilines is 3. The monoisotopic (exact) mass is 498 g/mol. The van der Waals surface area contributed by atoms with Crippen LogP contribution in [0.15, 0.2) is 47.7 Å². The summed E-state index contributed by atoms with van der Waals surface area (Å²) in [5, 5.41) is 5.74. The van der Waals surface area contributed by atoms with Gasteiger partial charge in [-0.3, -0.25) is 24.3 Å². The number of benzene rings is 1. The first kappa shape index (κ1) is 23.6. The molecule has 0 saturated carbocycles. The van der Waals surface area contributed by atoms with Crippen molar-refractivity contribution >= 4 is 40.6 Å². The van der Waals surface area contributed by atoms with Crippen molar-refractivity contribution in [2.45, 2.75) is 38.3 Å². The number of carbonyl (C=O) groups excluding carboxylic acids is 3. The van der Waals surface area contributed by atoms with Crippen LogP contribution in [0.2, 0.25) is 0 Å². The summed E-state index contributed by atoms with van der Waals surface area (Å²) in [6, 6.07) is 8.27. The number of aromatic nitrogens is 1. The highest BCUT2D eigenvalue weighted by molar-refractivity contribution is 6.41. The molecule has 2 fully saturated rings. The summed E-state index contributed by atoms with van der Waals surface area (Å²) in [4.78, 5) is 45.6. The molecule has 3 amide bonds. The number of alkyl halides is 2. The summed E-state index contributed by atoms with van der Waals surface area (Å²) in [5.41, 5.74) is 6.62. The molecule has 188 valence electrons. The molecule has 5 rings (SSSR count). The van der Waals surface area contributed by atoms with Crippen LogP contribution in [0.1, 0.15) is 25.7 Å². The first-order chi connectivity index (χ1) is 17.3. The zero-order chi connectivity index (χ0) is 25.4. The number of fused-ring (bicyclic) bond motifs is 1. The van der Waals surface area contributed by atoms with Crippen molar-refractivity contribution in [1.82, 2.24) is 4.98 Å². The second-order valence-electron chi connectivity index (χ2n) is 8.77. The Morgan fingerprint density at radius 3 is 2.42 bits per heavy atom. The first-order valence-corrected chi connectivity index (χ1v) is 11.6. The molecule has 2 atom stereocenters. The van der Waals surface area contributed by atoms with Crippen LogP contribution < -0.4 is 25.3 Å². The smallest absolute Gasteiger partial charge is 0.387 e. The maximum absolute atomic E-state index is 13.7. The molecule has 36 heavy (non-hydrogen) atoms. The van der Waals surface area contributed by atoms with Crippen molar-refractivity contribution in [3.8, 4) is 5.75 Å². The summed E-state index contributed by atoms with van der Waals surface area (Å²) in [6.07, 6.45) is 4.27. The van der Waals surface area contributed by atoms with Crippen LogP contribution in [0.3, 0.4) is 0 Å². The maximum atomic E-state index is 13.7. The summed E-state index contributed by atoms with van der Waals surface area (Å²) in [6.45, 7) is -2.03. The predicted molar refractivity (Wildman–Crippen MR) is 127 cm³/mol. The highest BCUT2D eigenvalue weighted by Crippen LogP contribution is 2.37. The van der Waals surface area contributed by atoms with E-state index in [9.17, 15) is 23.2 Å². The lowest BCUT2D eigenvalue weighted by Crippen LogP contribution is -2.55. The van der Waals surface area contributed by atoms with Crippen molar-refractivity contribution in [2.75, 3.05) is 27.9 Å². The van der Waals surface area contributed by atoms with Crippen LogP contribution in [0.4, 0.5) is 26.0 Å². The molecule has 0 aliphatic carbocycles. The minimum absolute atomic E-state index is 0.0288. The van der Waals surface area contributed by atoms with Crippen LogP contribution in [-0.4, -0.2) is 54.2 Å². The Bertz CT molecular complexity index is 1200. The second-order valence-corrected chi connectivity index (χ2v) is 8.77. The van der Waals surface area contributed by atoms with Gasteiger partial charge < -0.3 is 15.4 Å². The van der Waals surface area contributed by atoms with Crippen LogP contribution in [-0.2, 0) is 14.4 Å². The topological polar surface area (TPSA) is 121 Å². The summed E-state index contributed by atoms with van der Waals surface area (Å²) >= 11 is 0. The van der Waals surface area contributed by atoms with E-state index in [1.165, 1.54) is 29.3 Å². The average molecular weight is 498 g/mol. The van der Waals surface area contributed by atoms with E-state index in [1.54, 1.807) is 28.1 Å². The lowest BCUT2D eigenvalue weighted by atomic mass is 9.87. The molecular formula is C24H24F2N6O4. The van der Waals surface area contributed by atoms with E-state index in [0.717, 1.165) is 12.8 Å². The summed E-state index contributed by atoms with van der Waals surface area (Å²) in [5.74, 6) is -1.01. The normalized spacial score (nSPS) is 22.1. The van der Waals surface area contributed by atoms with Crippen LogP contribution >= 0.6 is 0 Å². The van der Waals surface area contributed by atoms with E-state index >= 15 is 0 Å². The third kappa shape index (κ3) is 4.34. The van der Waals surface area contributed by atoms with Gasteiger partial charge in [0.2, 0.25) is 5.91 Å². The third-order valence-corrected chi connectivity index (χ3v) is 6.62. The van der Waals surface area contributed by atoms with Gasteiger partial charge in [-0.25, -0.2) is 4.98 Å². The Hall–Kier alpha value is -4.09. The molecule has 0 radical (unpaired) electrons. The second kappa shape index (κ2) is 9.51. The highest BCUT2D eigenvalue weighted by Gasteiger charge is 2.49. The standard InChI is InChI=1S/C24H24F2N6O4/c25-24(26)36-16-7-4-14(5-8-16)32-21-17(20(29-32)22(27)34)10-12-30(23(21)35)15-6-9-18(28-13-15)31-11-2-1-3-19(31)33/h4-9,13,17,21,24H,1-3,10-12H2,(H2,27,34). The number of hydrogen-bond acceptors (Lipinski definition) is 7. The van der Waals surface area contributed by atoms with E-state index in [0.29, 0.717) is 43.1 Å². The Kier molecular flexibility index (Phi) is 6.25. The summed E-state index contributed by atoms with van der Waals surface area (Å²) in [7, 11) is 0. The number of pyridine rings is 1. The fourth-order valence-corrected chi connectivity index (χ4v) is 4.91. The average Bonchev–Trinajstić information content (AvgIpc) is 3.26. The van der Waals surface area contributed by atoms with Gasteiger partial charge in [0.05, 0.1) is 17.6 Å². The van der Waals surface area contributed by atoms with Crippen molar-refractivity contribution in [3.63, 3.8) is 0 Å². The minimum Gasteiger partial charge on any atom is -0.435 e. The molecule has 2 N–H and O–H groups in total. The number of hydrazone groups is 1. The van der Waals surface area contributed by atoms with Crippen LogP contribution in [0.5, 0.6) is 5.75 Å². The van der Waals surface area contributed by atoms with Crippen molar-refractivity contribution in [3.05, 3.63) is 42.6 Å². The van der Waals surface area contributed by atoms with Crippen molar-refractivity contribution in [1.29, 1.82) is 0 Å². The van der Waals surface area contributed by atoms with Gasteiger partial charge in [-0.05, 0) is 55.7 Å². The van der Waals surface area contributed by atoms with Gasteiger partial charge in [0.15, 0.2) is 0 Å². The fourth-order valence-electron chi connectivity index (χ4n) is 4.91. The van der Waals surface area contributed by atoms with Crippen LogP contribution in [0, 0.1) is 5.92 Å². The van der Waals surface area contributed by atoms with Gasteiger partial charge in [-0.2, -0.15) is 13.9 Å². The Morgan fingerprint density at radius 2 is 1.78 bits per heavy atom. The lowest BCUT2D eigenvalue weighted by molar-refractivity contribution is -0.121. The van der Waals surface area contributed by atoms with Gasteiger partial charge in [-0.15, -0.1) is 0 Å². The number of nitrogens with two attached hydrogens (primary N) is 1. The lowest BCUT2D eigenvalue weighted by Gasteiger charge is -2.37. The minimum atomic E-state index is -2.96. The Labute approximate surface area is 205 Å². The molecule has 2 saturated heterocycles. The molecule has 0 bridgehead atoms. The number of piperidine rings is 2. The molecule has 3 aliphatic rings. The predicted octanol–water partition coefficient (Wildman–Crippen LogP) is 2.28. The van der Waals surface area contributed by atoms with Gasteiger partial charge in [0.1, 0.15) is 23.3 Å². The quantitative estimate of drug-likeness (QED) is 0.652. The van der Waals surface area contributed by atoms with E-state index in [4.69, 9.17) is 5.73 Å². The van der Waals surface area contributed by atoms with Crippen molar-refractivity contribution in [2.24, 2.45) is 16.8 Å². The SMILES string of the molecule is NC(=O)C1=NN(c2ccc(OC(F)F)cc2)C2C(=O)N(c3ccc(N4CCCCC4=O)nc3)CCC12. The molecule has 1 aromatic heterocycles. The molecule has 2 aromatic rings. The number of hydrogen-bond donors (Lipinski definition) is 1. The van der Waals surface area contributed by atoms with Crippen LogP contribution in [0.25, 0.3) is 0 Å². The molecule has 0 spiro atoms. The van der Waals surface area contributed by atoms with Gasteiger partial charge in [0.25, 0.3) is 11.8 Å². The Balaban J connectivity index is 1.40. The maximum Gasteiger partial charge on any atom is 0.387 e. The molecule has 2 unspecified atom stereocenters. The zero-order valence-electron chi connectivity index (χ0n) is 19.2. The number of halogens is 2. The first-order valence-electron chi connectivity index (χ1n) is 11.6. The van der Waals surface area contributed by atoms with E-state index < -0.39 is 24.5 Å². The molecule has 1 aromatic carbocycles. The number of primary amides is 1. The number of ether oxygens (including phenoxy) is 1. The Morgan fingerprint density at radius 1 is 1.03 bits per heavy atom. The third-order valence-electron chi connectivity index (χ3n) is 6.62. The van der Waals surface area contributed by atoms with E-state index in [1.807, 2.05) is 0 Å². The summed E-state index contributed by atoms with van der Waals surface area (Å²) < 4.78 is 29.4. The molecule has 12 heteroatoms. The highest BCUT2D eigenvalue weighted by atomic mass is 19.3. The molecule has 10 nitrogen and oxygen atoms in total. The molecule has 4 heterocycles. The largest absolute Gasteiger partial charge is 0.435 e. The number of rotatable bonds is 6.